The number of fused-ring (bicyclic) bond motifs is 2. The number of carbonyl (C=O) groups is 1. The van der Waals surface area contributed by atoms with Crippen molar-refractivity contribution in [3.63, 3.8) is 0 Å². The quantitative estimate of drug-likeness (QED) is 0.594. The van der Waals surface area contributed by atoms with Gasteiger partial charge in [-0.1, -0.05) is 37.7 Å². The summed E-state index contributed by atoms with van der Waals surface area (Å²) in [5.41, 5.74) is 0.904. The molecule has 1 N–H and O–H groups in total. The van der Waals surface area contributed by atoms with Gasteiger partial charge in [-0.05, 0) is 43.3 Å². The molecular weight excluding hydrogens is 451 g/mol. The maximum Gasteiger partial charge on any atom is 0.416 e. The second-order valence-corrected chi connectivity index (χ2v) is 8.85. The lowest BCUT2D eigenvalue weighted by Crippen LogP contribution is -2.48. The Bertz CT molecular complexity index is 947. The number of halogens is 3. The SMILES string of the molecule is CC.O=C(O)CN1CCN(CCCN2c3ccccc3Sc3ccc(C(F)(F)F)cc32)CC1. The van der Waals surface area contributed by atoms with Crippen LogP contribution in [-0.2, 0) is 11.0 Å². The third kappa shape index (κ3) is 6.43. The van der Waals surface area contributed by atoms with Crippen molar-refractivity contribution in [3.8, 4) is 0 Å². The Labute approximate surface area is 197 Å². The largest absolute Gasteiger partial charge is 0.480 e. The first kappa shape index (κ1) is 25.4. The van der Waals surface area contributed by atoms with Crippen LogP contribution >= 0.6 is 11.8 Å². The molecule has 0 aliphatic carbocycles. The first-order valence-electron chi connectivity index (χ1n) is 11.2. The van der Waals surface area contributed by atoms with E-state index in [1.54, 1.807) is 6.07 Å². The normalized spacial score (nSPS) is 16.5. The lowest BCUT2D eigenvalue weighted by atomic mass is 10.1. The molecular formula is C24H30F3N3O2S. The monoisotopic (exact) mass is 481 g/mol. The van der Waals surface area contributed by atoms with Crippen molar-refractivity contribution in [1.29, 1.82) is 0 Å². The molecule has 33 heavy (non-hydrogen) atoms. The van der Waals surface area contributed by atoms with Crippen molar-refractivity contribution < 1.29 is 23.1 Å². The number of para-hydroxylation sites is 1. The molecule has 0 spiro atoms. The van der Waals surface area contributed by atoms with Gasteiger partial charge in [-0.3, -0.25) is 9.69 Å². The molecule has 2 heterocycles. The summed E-state index contributed by atoms with van der Waals surface area (Å²) in [4.78, 5) is 18.9. The molecule has 9 heteroatoms. The molecule has 1 fully saturated rings. The van der Waals surface area contributed by atoms with Gasteiger partial charge in [0.1, 0.15) is 0 Å². The molecule has 2 aliphatic heterocycles. The highest BCUT2D eigenvalue weighted by atomic mass is 32.2. The van der Waals surface area contributed by atoms with Gasteiger partial charge in [-0.15, -0.1) is 0 Å². The van der Waals surface area contributed by atoms with Gasteiger partial charge in [0.15, 0.2) is 0 Å². The summed E-state index contributed by atoms with van der Waals surface area (Å²) in [5.74, 6) is -0.813. The van der Waals surface area contributed by atoms with Gasteiger partial charge in [0.05, 0.1) is 23.5 Å². The standard InChI is InChI=1S/C22H24F3N3O2S.C2H6/c23-22(24,25)16-6-7-20-18(14-16)28(17-4-1-2-5-19(17)31-20)9-3-8-26-10-12-27(13-11-26)15-21(29)30;1-2/h1-2,4-7,14H,3,8-13,15H2,(H,29,30);1-2H3. The Kier molecular flexibility index (Phi) is 8.67. The Morgan fingerprint density at radius 3 is 2.24 bits per heavy atom. The van der Waals surface area contributed by atoms with Gasteiger partial charge >= 0.3 is 12.1 Å². The van der Waals surface area contributed by atoms with E-state index in [0.29, 0.717) is 25.3 Å². The van der Waals surface area contributed by atoms with Crippen LogP contribution in [0.2, 0.25) is 0 Å². The Balaban J connectivity index is 0.00000149. The van der Waals surface area contributed by atoms with E-state index in [9.17, 15) is 18.0 Å². The van der Waals surface area contributed by atoms with Crippen LogP contribution in [0.4, 0.5) is 24.5 Å². The molecule has 0 unspecified atom stereocenters. The van der Waals surface area contributed by atoms with E-state index in [2.05, 4.69) is 4.90 Å². The van der Waals surface area contributed by atoms with Gasteiger partial charge in [-0.25, -0.2) is 0 Å². The summed E-state index contributed by atoms with van der Waals surface area (Å²) in [6, 6.07) is 11.8. The molecule has 0 bridgehead atoms. The number of anilines is 2. The predicted molar refractivity (Wildman–Crippen MR) is 125 cm³/mol. The highest BCUT2D eigenvalue weighted by Crippen LogP contribution is 2.49. The van der Waals surface area contributed by atoms with Crippen LogP contribution in [-0.4, -0.2) is 66.7 Å². The third-order valence-electron chi connectivity index (χ3n) is 5.63. The number of hydrogen-bond acceptors (Lipinski definition) is 5. The minimum absolute atomic E-state index is 0.0639. The lowest BCUT2D eigenvalue weighted by molar-refractivity contribution is -0.139. The molecule has 0 atom stereocenters. The van der Waals surface area contributed by atoms with Crippen LogP contribution in [0.25, 0.3) is 0 Å². The first-order valence-corrected chi connectivity index (χ1v) is 12.0. The summed E-state index contributed by atoms with van der Waals surface area (Å²) in [6.45, 7) is 8.53. The van der Waals surface area contributed by atoms with E-state index < -0.39 is 17.7 Å². The van der Waals surface area contributed by atoms with Crippen LogP contribution in [0.3, 0.4) is 0 Å². The van der Waals surface area contributed by atoms with Gasteiger partial charge < -0.3 is 14.9 Å². The average molecular weight is 482 g/mol. The number of alkyl halides is 3. The number of benzene rings is 2. The topological polar surface area (TPSA) is 47.0 Å². The van der Waals surface area contributed by atoms with E-state index in [1.807, 2.05) is 47.9 Å². The van der Waals surface area contributed by atoms with Crippen LogP contribution in [0.5, 0.6) is 0 Å². The van der Waals surface area contributed by atoms with Gasteiger partial charge in [-0.2, -0.15) is 13.2 Å². The van der Waals surface area contributed by atoms with E-state index >= 15 is 0 Å². The zero-order valence-corrected chi connectivity index (χ0v) is 19.8. The van der Waals surface area contributed by atoms with E-state index in [0.717, 1.165) is 47.6 Å². The van der Waals surface area contributed by atoms with Crippen molar-refractivity contribution >= 4 is 29.1 Å². The summed E-state index contributed by atoms with van der Waals surface area (Å²) in [7, 11) is 0. The molecule has 0 amide bonds. The molecule has 0 saturated carbocycles. The van der Waals surface area contributed by atoms with Crippen LogP contribution in [0.1, 0.15) is 25.8 Å². The van der Waals surface area contributed by atoms with Crippen LogP contribution in [0.15, 0.2) is 52.3 Å². The van der Waals surface area contributed by atoms with Crippen molar-refractivity contribution in [2.75, 3.05) is 50.7 Å². The van der Waals surface area contributed by atoms with Crippen LogP contribution < -0.4 is 4.90 Å². The fraction of sp³-hybridized carbons (Fsp3) is 0.458. The second-order valence-electron chi connectivity index (χ2n) is 7.77. The van der Waals surface area contributed by atoms with E-state index in [1.165, 1.54) is 17.8 Å². The van der Waals surface area contributed by atoms with Crippen molar-refractivity contribution in [2.24, 2.45) is 0 Å². The summed E-state index contributed by atoms with van der Waals surface area (Å²) in [5, 5.41) is 8.91. The van der Waals surface area contributed by atoms with E-state index in [-0.39, 0.29) is 6.54 Å². The smallest absolute Gasteiger partial charge is 0.416 e. The van der Waals surface area contributed by atoms with E-state index in [4.69, 9.17) is 5.11 Å². The maximum absolute atomic E-state index is 13.3. The predicted octanol–water partition coefficient (Wildman–Crippen LogP) is 5.43. The van der Waals surface area contributed by atoms with Gasteiger partial charge in [0.2, 0.25) is 0 Å². The summed E-state index contributed by atoms with van der Waals surface area (Å²) in [6.07, 6.45) is -3.58. The number of carboxylic acids is 1. The zero-order valence-electron chi connectivity index (χ0n) is 18.9. The number of hydrogen-bond donors (Lipinski definition) is 1. The average Bonchev–Trinajstić information content (AvgIpc) is 2.80. The van der Waals surface area contributed by atoms with Gasteiger partial charge in [0, 0.05) is 42.5 Å². The minimum Gasteiger partial charge on any atom is -0.480 e. The van der Waals surface area contributed by atoms with Crippen LogP contribution in [0, 0.1) is 0 Å². The molecule has 2 aromatic carbocycles. The summed E-state index contributed by atoms with van der Waals surface area (Å²) >= 11 is 1.50. The second kappa shape index (κ2) is 11.3. The van der Waals surface area contributed by atoms with Gasteiger partial charge in [0.25, 0.3) is 0 Å². The molecule has 0 aromatic heterocycles. The Morgan fingerprint density at radius 2 is 1.58 bits per heavy atom. The minimum atomic E-state index is -4.38. The fourth-order valence-electron chi connectivity index (χ4n) is 4.06. The molecule has 2 aromatic rings. The molecule has 5 nitrogen and oxygen atoms in total. The number of rotatable bonds is 6. The number of nitrogens with zero attached hydrogens (tertiary/aromatic N) is 3. The molecule has 4 rings (SSSR count). The Hall–Kier alpha value is -2.23. The fourth-order valence-corrected chi connectivity index (χ4v) is 5.14. The van der Waals surface area contributed by atoms with Crippen molar-refractivity contribution in [1.82, 2.24) is 9.80 Å². The number of aliphatic carboxylic acids is 1. The third-order valence-corrected chi connectivity index (χ3v) is 6.76. The number of carboxylic acid groups (broad SMARTS) is 1. The molecule has 1 saturated heterocycles. The maximum atomic E-state index is 13.3. The molecule has 2 aliphatic rings. The molecule has 180 valence electrons. The highest BCUT2D eigenvalue weighted by molar-refractivity contribution is 7.99. The molecule has 0 radical (unpaired) electrons. The van der Waals surface area contributed by atoms with Crippen molar-refractivity contribution in [2.45, 2.75) is 36.2 Å². The lowest BCUT2D eigenvalue weighted by Gasteiger charge is -2.36. The van der Waals surface area contributed by atoms with Crippen molar-refractivity contribution in [3.05, 3.63) is 48.0 Å². The number of piperazine rings is 1. The zero-order chi connectivity index (χ0) is 24.0. The summed E-state index contributed by atoms with van der Waals surface area (Å²) < 4.78 is 39.9. The Morgan fingerprint density at radius 1 is 0.939 bits per heavy atom. The first-order chi connectivity index (χ1) is 15.8. The highest BCUT2D eigenvalue weighted by Gasteiger charge is 2.33.